The van der Waals surface area contributed by atoms with Gasteiger partial charge >= 0.3 is 0 Å². The van der Waals surface area contributed by atoms with Crippen molar-refractivity contribution in [3.8, 4) is 0 Å². The minimum absolute atomic E-state index is 0.635. The van der Waals surface area contributed by atoms with Gasteiger partial charge in [0.25, 0.3) is 0 Å². The molecule has 4 unspecified atom stereocenters. The predicted octanol–water partition coefficient (Wildman–Crippen LogP) is 4.56. The van der Waals surface area contributed by atoms with Crippen LogP contribution in [-0.4, -0.2) is 0 Å². The van der Waals surface area contributed by atoms with Gasteiger partial charge < -0.3 is 0 Å². The van der Waals surface area contributed by atoms with E-state index in [1.807, 2.05) is 0 Å². The number of rotatable bonds is 0. The molecule has 2 saturated carbocycles. The van der Waals surface area contributed by atoms with Gasteiger partial charge in [-0.05, 0) is 68.6 Å². The largest absolute Gasteiger partial charge is 0.0732 e. The fourth-order valence-corrected chi connectivity index (χ4v) is 5.57. The molecular weight excluding hydrogens is 180 g/mol. The van der Waals surface area contributed by atoms with Gasteiger partial charge in [0.2, 0.25) is 0 Å². The monoisotopic (exact) mass is 204 g/mol. The van der Waals surface area contributed by atoms with Crippen molar-refractivity contribution in [1.29, 1.82) is 0 Å². The van der Waals surface area contributed by atoms with E-state index in [0.717, 1.165) is 11.8 Å². The molecule has 0 saturated heterocycles. The molecule has 0 aliphatic heterocycles. The van der Waals surface area contributed by atoms with Gasteiger partial charge in [0.05, 0.1) is 0 Å². The van der Waals surface area contributed by atoms with E-state index < -0.39 is 0 Å². The fourth-order valence-electron chi connectivity index (χ4n) is 5.57. The zero-order valence-corrected chi connectivity index (χ0v) is 10.7. The second-order valence-electron chi connectivity index (χ2n) is 6.78. The summed E-state index contributed by atoms with van der Waals surface area (Å²) in [5.74, 6) is 1.99. The molecule has 15 heavy (non-hydrogen) atoms. The lowest BCUT2D eigenvalue weighted by Crippen LogP contribution is -2.34. The predicted molar refractivity (Wildman–Crippen MR) is 64.7 cm³/mol. The molecule has 0 aromatic carbocycles. The lowest BCUT2D eigenvalue weighted by Gasteiger charge is -2.41. The summed E-state index contributed by atoms with van der Waals surface area (Å²) in [6, 6.07) is 0. The number of allylic oxidation sites excluding steroid dienone is 2. The van der Waals surface area contributed by atoms with E-state index >= 15 is 0 Å². The smallest absolute Gasteiger partial charge is 0.0000629 e. The normalized spacial score (nSPS) is 53.6. The Bertz CT molecular complexity index is 338. The van der Waals surface area contributed by atoms with Crippen molar-refractivity contribution in [3.05, 3.63) is 11.1 Å². The number of hydrogen-bond acceptors (Lipinski definition) is 0. The summed E-state index contributed by atoms with van der Waals surface area (Å²) in [4.78, 5) is 0. The van der Waals surface area contributed by atoms with E-state index in [-0.39, 0.29) is 0 Å². The van der Waals surface area contributed by atoms with Crippen LogP contribution in [-0.2, 0) is 0 Å². The maximum atomic E-state index is 2.57. The molecule has 3 aliphatic rings. The van der Waals surface area contributed by atoms with Crippen LogP contribution in [0.15, 0.2) is 11.1 Å². The summed E-state index contributed by atoms with van der Waals surface area (Å²) in [7, 11) is 0. The summed E-state index contributed by atoms with van der Waals surface area (Å²) in [5.41, 5.74) is 4.78. The maximum Gasteiger partial charge on any atom is -0.0000629 e. The average molecular weight is 204 g/mol. The Labute approximate surface area is 94.1 Å². The summed E-state index contributed by atoms with van der Waals surface area (Å²) >= 11 is 0. The van der Waals surface area contributed by atoms with Crippen LogP contribution in [0.2, 0.25) is 0 Å². The third-order valence-electron chi connectivity index (χ3n) is 6.36. The van der Waals surface area contributed by atoms with E-state index in [9.17, 15) is 0 Å². The molecule has 1 spiro atoms. The molecule has 0 heterocycles. The van der Waals surface area contributed by atoms with E-state index in [0.29, 0.717) is 10.8 Å². The van der Waals surface area contributed by atoms with Crippen molar-refractivity contribution in [2.45, 2.75) is 59.8 Å². The van der Waals surface area contributed by atoms with E-state index in [1.54, 1.807) is 11.1 Å². The summed E-state index contributed by atoms with van der Waals surface area (Å²) < 4.78 is 0. The molecular formula is C15H24. The standard InChI is InChI=1S/C15H24/c1-10-5-8-15-12(3)11(2)9-14(15,4)7-6-13(10)15/h10,13H,5-9H2,1-4H3. The van der Waals surface area contributed by atoms with Gasteiger partial charge in [-0.15, -0.1) is 0 Å². The number of hydrogen-bond donors (Lipinski definition) is 0. The van der Waals surface area contributed by atoms with Gasteiger partial charge in [-0.1, -0.05) is 25.0 Å². The van der Waals surface area contributed by atoms with Crippen LogP contribution in [0.3, 0.4) is 0 Å². The topological polar surface area (TPSA) is 0 Å². The molecule has 0 bridgehead atoms. The Morgan fingerprint density at radius 1 is 1.13 bits per heavy atom. The van der Waals surface area contributed by atoms with Gasteiger partial charge in [0, 0.05) is 0 Å². The molecule has 0 aromatic rings. The summed E-state index contributed by atoms with van der Waals surface area (Å²) in [6.07, 6.45) is 7.34. The third kappa shape index (κ3) is 0.905. The zero-order chi connectivity index (χ0) is 10.8. The van der Waals surface area contributed by atoms with Crippen molar-refractivity contribution in [1.82, 2.24) is 0 Å². The zero-order valence-electron chi connectivity index (χ0n) is 10.7. The average Bonchev–Trinajstić information content (AvgIpc) is 2.70. The van der Waals surface area contributed by atoms with Crippen molar-refractivity contribution in [2.75, 3.05) is 0 Å². The molecule has 2 fully saturated rings. The first-order chi connectivity index (χ1) is 7.01. The minimum Gasteiger partial charge on any atom is -0.0732 e. The molecule has 0 N–H and O–H groups in total. The lowest BCUT2D eigenvalue weighted by molar-refractivity contribution is 0.125. The van der Waals surface area contributed by atoms with Gasteiger partial charge in [-0.25, -0.2) is 0 Å². The SMILES string of the molecule is CC1=C(C)C23CCC(C)C2CCC3(C)C1. The molecule has 0 radical (unpaired) electrons. The Balaban J connectivity index is 2.14. The Morgan fingerprint density at radius 2 is 1.87 bits per heavy atom. The van der Waals surface area contributed by atoms with Crippen LogP contribution >= 0.6 is 0 Å². The third-order valence-corrected chi connectivity index (χ3v) is 6.36. The first-order valence-corrected chi connectivity index (χ1v) is 6.68. The van der Waals surface area contributed by atoms with Crippen LogP contribution < -0.4 is 0 Å². The van der Waals surface area contributed by atoms with Crippen molar-refractivity contribution >= 4 is 0 Å². The fraction of sp³-hybridized carbons (Fsp3) is 0.867. The quantitative estimate of drug-likeness (QED) is 0.507. The van der Waals surface area contributed by atoms with Crippen molar-refractivity contribution < 1.29 is 0 Å². The van der Waals surface area contributed by atoms with Gasteiger partial charge in [0.1, 0.15) is 0 Å². The molecule has 0 aromatic heterocycles. The van der Waals surface area contributed by atoms with E-state index in [2.05, 4.69) is 27.7 Å². The van der Waals surface area contributed by atoms with Gasteiger partial charge in [-0.3, -0.25) is 0 Å². The first kappa shape index (κ1) is 9.93. The van der Waals surface area contributed by atoms with Crippen molar-refractivity contribution in [2.24, 2.45) is 22.7 Å². The summed E-state index contributed by atoms with van der Waals surface area (Å²) in [5, 5.41) is 0. The molecule has 0 nitrogen and oxygen atoms in total. The maximum absolute atomic E-state index is 2.57. The van der Waals surface area contributed by atoms with Crippen molar-refractivity contribution in [3.63, 3.8) is 0 Å². The van der Waals surface area contributed by atoms with Gasteiger partial charge in [0.15, 0.2) is 0 Å². The highest BCUT2D eigenvalue weighted by atomic mass is 14.7. The van der Waals surface area contributed by atoms with Crippen LogP contribution in [0, 0.1) is 22.7 Å². The lowest BCUT2D eigenvalue weighted by atomic mass is 9.63. The van der Waals surface area contributed by atoms with Crippen LogP contribution in [0.1, 0.15) is 59.8 Å². The first-order valence-electron chi connectivity index (χ1n) is 6.68. The second kappa shape index (κ2) is 2.70. The van der Waals surface area contributed by atoms with Crippen LogP contribution in [0.25, 0.3) is 0 Å². The van der Waals surface area contributed by atoms with Gasteiger partial charge in [-0.2, -0.15) is 0 Å². The molecule has 0 heteroatoms. The molecule has 3 rings (SSSR count). The minimum atomic E-state index is 0.635. The highest BCUT2D eigenvalue weighted by Crippen LogP contribution is 2.73. The molecule has 0 amide bonds. The highest BCUT2D eigenvalue weighted by Gasteiger charge is 2.64. The summed E-state index contributed by atoms with van der Waals surface area (Å²) in [6.45, 7) is 9.89. The van der Waals surface area contributed by atoms with Crippen LogP contribution in [0.4, 0.5) is 0 Å². The molecule has 3 aliphatic carbocycles. The second-order valence-corrected chi connectivity index (χ2v) is 6.78. The Hall–Kier alpha value is -0.260. The highest BCUT2D eigenvalue weighted by molar-refractivity contribution is 5.36. The van der Waals surface area contributed by atoms with E-state index in [4.69, 9.17) is 0 Å². The van der Waals surface area contributed by atoms with Crippen LogP contribution in [0.5, 0.6) is 0 Å². The molecule has 84 valence electrons. The Morgan fingerprint density at radius 3 is 2.60 bits per heavy atom. The van der Waals surface area contributed by atoms with E-state index in [1.165, 1.54) is 32.1 Å². The Kier molecular flexibility index (Phi) is 1.79. The molecule has 4 atom stereocenters.